The molecule has 2 aromatic heterocycles. The fourth-order valence-electron chi connectivity index (χ4n) is 3.04. The fourth-order valence-corrected chi connectivity index (χ4v) is 3.22. The molecule has 0 spiro atoms. The van der Waals surface area contributed by atoms with Gasteiger partial charge in [-0.2, -0.15) is 10.2 Å². The number of carbonyl (C=O) groups excluding carboxylic acids is 1. The molecule has 0 atom stereocenters. The number of rotatable bonds is 6. The molecule has 28 heavy (non-hydrogen) atoms. The van der Waals surface area contributed by atoms with Crippen molar-refractivity contribution in [1.82, 2.24) is 19.6 Å². The van der Waals surface area contributed by atoms with E-state index in [1.807, 2.05) is 25.1 Å². The first-order valence-corrected chi connectivity index (χ1v) is 9.21. The van der Waals surface area contributed by atoms with Crippen LogP contribution in [0.2, 0.25) is 5.02 Å². The van der Waals surface area contributed by atoms with Crippen molar-refractivity contribution in [3.05, 3.63) is 58.5 Å². The van der Waals surface area contributed by atoms with Crippen LogP contribution < -0.4 is 5.32 Å². The average molecular weight is 400 g/mol. The maximum atomic E-state index is 12.8. The van der Waals surface area contributed by atoms with Gasteiger partial charge in [0.2, 0.25) is 0 Å². The van der Waals surface area contributed by atoms with Crippen LogP contribution in [-0.4, -0.2) is 36.5 Å². The molecule has 0 unspecified atom stereocenters. The highest BCUT2D eigenvalue weighted by atomic mass is 35.5. The van der Waals surface area contributed by atoms with E-state index in [-0.39, 0.29) is 18.4 Å². The van der Waals surface area contributed by atoms with E-state index in [1.165, 1.54) is 10.9 Å². The zero-order valence-electron chi connectivity index (χ0n) is 15.1. The van der Waals surface area contributed by atoms with Gasteiger partial charge in [0.1, 0.15) is 6.54 Å². The second-order valence-electron chi connectivity index (χ2n) is 6.81. The lowest BCUT2D eigenvalue weighted by molar-refractivity contribution is -0.137. The monoisotopic (exact) mass is 399 g/mol. The summed E-state index contributed by atoms with van der Waals surface area (Å²) in [5, 5.41) is 20.7. The molecule has 1 aliphatic rings. The van der Waals surface area contributed by atoms with Gasteiger partial charge >= 0.3 is 5.97 Å². The largest absolute Gasteiger partial charge is 0.480 e. The Morgan fingerprint density at radius 1 is 1.32 bits per heavy atom. The summed E-state index contributed by atoms with van der Waals surface area (Å²) in [5.41, 5.74) is 3.11. The number of hydrogen-bond acceptors (Lipinski definition) is 4. The topological polar surface area (TPSA) is 102 Å². The summed E-state index contributed by atoms with van der Waals surface area (Å²) in [5.74, 6) is -0.769. The first-order chi connectivity index (χ1) is 13.4. The fraction of sp³-hybridized carbons (Fsp3) is 0.263. The van der Waals surface area contributed by atoms with Crippen molar-refractivity contribution < 1.29 is 14.7 Å². The number of benzene rings is 1. The van der Waals surface area contributed by atoms with Crippen LogP contribution in [0.15, 0.2) is 36.7 Å². The van der Waals surface area contributed by atoms with Gasteiger partial charge in [-0.25, -0.2) is 4.68 Å². The van der Waals surface area contributed by atoms with Crippen molar-refractivity contribution >= 4 is 29.3 Å². The predicted octanol–water partition coefficient (Wildman–Crippen LogP) is 3.24. The van der Waals surface area contributed by atoms with Crippen LogP contribution in [0, 0.1) is 6.92 Å². The molecule has 2 N–H and O–H groups in total. The molecule has 1 aliphatic carbocycles. The van der Waals surface area contributed by atoms with Gasteiger partial charge in [-0.05, 0) is 37.5 Å². The Labute approximate surface area is 165 Å². The summed E-state index contributed by atoms with van der Waals surface area (Å²) in [6.45, 7) is 1.66. The molecule has 0 radical (unpaired) electrons. The number of halogens is 1. The molecule has 144 valence electrons. The highest BCUT2D eigenvalue weighted by molar-refractivity contribution is 6.31. The van der Waals surface area contributed by atoms with Crippen LogP contribution in [0.1, 0.15) is 40.4 Å². The van der Waals surface area contributed by atoms with Gasteiger partial charge in [0.25, 0.3) is 5.91 Å². The number of aryl methyl sites for hydroxylation is 1. The highest BCUT2D eigenvalue weighted by Crippen LogP contribution is 2.42. The Hall–Kier alpha value is -3.13. The lowest BCUT2D eigenvalue weighted by Gasteiger charge is -2.10. The number of nitrogens with zero attached hydrogens (tertiary/aromatic N) is 4. The molecule has 0 saturated heterocycles. The lowest BCUT2D eigenvalue weighted by atomic mass is 10.1. The summed E-state index contributed by atoms with van der Waals surface area (Å²) in [6.07, 6.45) is 5.05. The second-order valence-corrected chi connectivity index (χ2v) is 7.22. The Balaban J connectivity index is 1.62. The zero-order chi connectivity index (χ0) is 19.8. The molecule has 8 nitrogen and oxygen atoms in total. The van der Waals surface area contributed by atoms with Crippen LogP contribution in [0.4, 0.5) is 5.82 Å². The van der Waals surface area contributed by atoms with Crippen LogP contribution in [-0.2, 0) is 11.3 Å². The average Bonchev–Trinajstić information content (AvgIpc) is 3.23. The number of nitrogens with one attached hydrogen (secondary N) is 1. The van der Waals surface area contributed by atoms with E-state index in [2.05, 4.69) is 15.5 Å². The second kappa shape index (κ2) is 7.12. The molecule has 4 rings (SSSR count). The van der Waals surface area contributed by atoms with Crippen molar-refractivity contribution in [3.8, 4) is 5.69 Å². The van der Waals surface area contributed by atoms with Crippen molar-refractivity contribution in [2.24, 2.45) is 0 Å². The number of carbonyl (C=O) groups is 2. The molecule has 1 fully saturated rings. The predicted molar refractivity (Wildman–Crippen MR) is 103 cm³/mol. The summed E-state index contributed by atoms with van der Waals surface area (Å²) >= 11 is 6.25. The number of hydrogen-bond donors (Lipinski definition) is 2. The summed E-state index contributed by atoms with van der Waals surface area (Å²) < 4.78 is 3.01. The first-order valence-electron chi connectivity index (χ1n) is 8.83. The van der Waals surface area contributed by atoms with Crippen LogP contribution in [0.5, 0.6) is 0 Å². The number of carboxylic acids is 1. The molecule has 0 aliphatic heterocycles. The van der Waals surface area contributed by atoms with Crippen molar-refractivity contribution in [1.29, 1.82) is 0 Å². The van der Waals surface area contributed by atoms with Gasteiger partial charge < -0.3 is 10.4 Å². The number of carboxylic acid groups (broad SMARTS) is 1. The molecule has 1 aromatic carbocycles. The van der Waals surface area contributed by atoms with E-state index in [9.17, 15) is 9.59 Å². The zero-order valence-corrected chi connectivity index (χ0v) is 15.8. The maximum Gasteiger partial charge on any atom is 0.325 e. The Morgan fingerprint density at radius 2 is 2.11 bits per heavy atom. The SMILES string of the molecule is Cc1ccc(-n2ncc(C(=O)Nc3ccn(CC(=O)O)n3)c2C2CC2)cc1Cl. The third kappa shape index (κ3) is 3.63. The van der Waals surface area contributed by atoms with Gasteiger partial charge in [0.05, 0.1) is 23.1 Å². The molecule has 1 amide bonds. The summed E-state index contributed by atoms with van der Waals surface area (Å²) in [4.78, 5) is 23.6. The van der Waals surface area contributed by atoms with Crippen molar-refractivity contribution in [2.75, 3.05) is 5.32 Å². The Bertz CT molecular complexity index is 1070. The minimum absolute atomic E-state index is 0.269. The molecule has 1 saturated carbocycles. The van der Waals surface area contributed by atoms with Crippen LogP contribution in [0.3, 0.4) is 0 Å². The minimum atomic E-state index is -1.00. The van der Waals surface area contributed by atoms with Crippen LogP contribution in [0.25, 0.3) is 5.69 Å². The van der Waals surface area contributed by atoms with Crippen molar-refractivity contribution in [3.63, 3.8) is 0 Å². The van der Waals surface area contributed by atoms with E-state index < -0.39 is 5.97 Å². The number of anilines is 1. The molecular formula is C19H18ClN5O3. The van der Waals surface area contributed by atoms with Crippen molar-refractivity contribution in [2.45, 2.75) is 32.2 Å². The number of amides is 1. The minimum Gasteiger partial charge on any atom is -0.480 e. The van der Waals surface area contributed by atoms with E-state index >= 15 is 0 Å². The summed E-state index contributed by atoms with van der Waals surface area (Å²) in [7, 11) is 0. The molecule has 0 bridgehead atoms. The van der Waals surface area contributed by atoms with Crippen LogP contribution >= 0.6 is 11.6 Å². The van der Waals surface area contributed by atoms with E-state index in [0.717, 1.165) is 29.8 Å². The standard InChI is InChI=1S/C19H18ClN5O3/c1-11-2-5-13(8-15(11)20)25-18(12-3-4-12)14(9-21-25)19(28)22-16-6-7-24(23-16)10-17(26)27/h2,5-9,12H,3-4,10H2,1H3,(H,26,27)(H,22,23,28). The normalized spacial score (nSPS) is 13.5. The molecule has 3 aromatic rings. The third-order valence-electron chi connectivity index (χ3n) is 4.59. The molecule has 2 heterocycles. The number of aromatic nitrogens is 4. The van der Waals surface area contributed by atoms with Gasteiger partial charge in [0.15, 0.2) is 5.82 Å². The van der Waals surface area contributed by atoms with Gasteiger partial charge in [-0.3, -0.25) is 14.3 Å². The van der Waals surface area contributed by atoms with Gasteiger partial charge in [-0.1, -0.05) is 17.7 Å². The third-order valence-corrected chi connectivity index (χ3v) is 5.00. The van der Waals surface area contributed by atoms with E-state index in [0.29, 0.717) is 16.4 Å². The molecule has 9 heteroatoms. The summed E-state index contributed by atoms with van der Waals surface area (Å²) in [6, 6.07) is 7.24. The number of aliphatic carboxylic acids is 1. The Morgan fingerprint density at radius 3 is 2.79 bits per heavy atom. The quantitative estimate of drug-likeness (QED) is 0.662. The Kier molecular flexibility index (Phi) is 4.64. The smallest absolute Gasteiger partial charge is 0.325 e. The molecular weight excluding hydrogens is 382 g/mol. The lowest BCUT2D eigenvalue weighted by Crippen LogP contribution is -2.15. The highest BCUT2D eigenvalue weighted by Gasteiger charge is 2.33. The van der Waals surface area contributed by atoms with E-state index in [1.54, 1.807) is 16.9 Å². The first kappa shape index (κ1) is 18.2. The van der Waals surface area contributed by atoms with Gasteiger partial charge in [-0.15, -0.1) is 0 Å². The van der Waals surface area contributed by atoms with E-state index in [4.69, 9.17) is 16.7 Å². The van der Waals surface area contributed by atoms with Gasteiger partial charge in [0, 0.05) is 23.2 Å². The maximum absolute atomic E-state index is 12.8.